The molecule has 1 saturated heterocycles. The molecule has 3 aromatic rings. The monoisotopic (exact) mass is 465 g/mol. The number of carbonyl (C=O) groups is 3. The lowest BCUT2D eigenvalue weighted by Crippen LogP contribution is -2.49. The Balaban J connectivity index is 1.28. The van der Waals surface area contributed by atoms with Gasteiger partial charge in [-0.15, -0.1) is 11.3 Å². The number of ether oxygens (including phenoxy) is 1. The van der Waals surface area contributed by atoms with Gasteiger partial charge < -0.3 is 4.74 Å². The minimum Gasteiger partial charge on any atom is -0.450 e. The van der Waals surface area contributed by atoms with E-state index in [-0.39, 0.29) is 12.3 Å². The Morgan fingerprint density at radius 2 is 1.91 bits per heavy atom. The molecule has 3 heterocycles. The standard InChI is InChI=1S/C23H19N3O4S2/c1-14(20(28)25-22-24-16(13-31-22)15-7-3-2-4-8-15)30-21(29)23-12-11-19(27)26(23)17-9-5-6-10-18(17)32-23/h2-10,13-14H,11-12H2,1H3,(H,24,25,28). The minimum absolute atomic E-state index is 0.118. The average molecular weight is 466 g/mol. The first-order valence-electron chi connectivity index (χ1n) is 10.1. The van der Waals surface area contributed by atoms with Gasteiger partial charge in [0.2, 0.25) is 5.91 Å². The second kappa shape index (κ2) is 8.07. The van der Waals surface area contributed by atoms with Crippen LogP contribution in [-0.2, 0) is 19.1 Å². The molecule has 0 aliphatic carbocycles. The molecule has 2 aliphatic rings. The normalized spacial score (nSPS) is 19.9. The van der Waals surface area contributed by atoms with Crippen molar-refractivity contribution in [3.63, 3.8) is 0 Å². The molecule has 2 aliphatic heterocycles. The van der Waals surface area contributed by atoms with E-state index in [2.05, 4.69) is 10.3 Å². The highest BCUT2D eigenvalue weighted by Gasteiger charge is 2.58. The summed E-state index contributed by atoms with van der Waals surface area (Å²) in [6, 6.07) is 17.0. The molecule has 0 radical (unpaired) electrons. The van der Waals surface area contributed by atoms with Gasteiger partial charge in [-0.1, -0.05) is 54.2 Å². The number of fused-ring (bicyclic) bond motifs is 3. The Hall–Kier alpha value is -3.17. The van der Waals surface area contributed by atoms with Gasteiger partial charge in [-0.25, -0.2) is 9.78 Å². The van der Waals surface area contributed by atoms with Crippen LogP contribution in [0, 0.1) is 0 Å². The fourth-order valence-corrected chi connectivity index (χ4v) is 5.98. The molecule has 0 saturated carbocycles. The second-order valence-corrected chi connectivity index (χ2v) is 9.70. The summed E-state index contributed by atoms with van der Waals surface area (Å²) in [5, 5.41) is 5.00. The molecule has 2 atom stereocenters. The third-order valence-electron chi connectivity index (χ3n) is 5.45. The zero-order chi connectivity index (χ0) is 22.3. The molecule has 1 aromatic heterocycles. The molecule has 2 unspecified atom stereocenters. The Bertz CT molecular complexity index is 1210. The quantitative estimate of drug-likeness (QED) is 0.565. The SMILES string of the molecule is CC(OC(=O)C12CCC(=O)N1c1ccccc1S2)C(=O)Nc1nc(-c2ccccc2)cs1. The highest BCUT2D eigenvalue weighted by atomic mass is 32.2. The van der Waals surface area contributed by atoms with Crippen LogP contribution in [0.1, 0.15) is 19.8 Å². The topological polar surface area (TPSA) is 88.6 Å². The number of thioether (sulfide) groups is 1. The van der Waals surface area contributed by atoms with Crippen LogP contribution in [-0.4, -0.2) is 33.7 Å². The Morgan fingerprint density at radius 1 is 1.16 bits per heavy atom. The zero-order valence-corrected chi connectivity index (χ0v) is 18.7. The van der Waals surface area contributed by atoms with Gasteiger partial charge in [-0.2, -0.15) is 0 Å². The third kappa shape index (κ3) is 3.47. The molecule has 2 aromatic carbocycles. The van der Waals surface area contributed by atoms with Gasteiger partial charge in [0.15, 0.2) is 16.1 Å². The number of hydrogen-bond donors (Lipinski definition) is 1. The van der Waals surface area contributed by atoms with E-state index in [0.29, 0.717) is 17.2 Å². The maximum atomic E-state index is 13.2. The van der Waals surface area contributed by atoms with E-state index >= 15 is 0 Å². The van der Waals surface area contributed by atoms with Gasteiger partial charge in [-0.05, 0) is 19.1 Å². The molecule has 0 spiro atoms. The second-order valence-electron chi connectivity index (χ2n) is 7.52. The number of nitrogens with one attached hydrogen (secondary N) is 1. The predicted octanol–water partition coefficient (Wildman–Crippen LogP) is 4.31. The van der Waals surface area contributed by atoms with Crippen molar-refractivity contribution in [2.75, 3.05) is 10.2 Å². The Labute approximate surface area is 192 Å². The lowest BCUT2D eigenvalue weighted by Gasteiger charge is -2.29. The van der Waals surface area contributed by atoms with Crippen molar-refractivity contribution in [2.24, 2.45) is 0 Å². The van der Waals surface area contributed by atoms with Gasteiger partial charge in [0, 0.05) is 28.7 Å². The lowest BCUT2D eigenvalue weighted by atomic mass is 10.2. The fraction of sp³-hybridized carbons (Fsp3) is 0.217. The van der Waals surface area contributed by atoms with Crippen LogP contribution in [0.4, 0.5) is 10.8 Å². The summed E-state index contributed by atoms with van der Waals surface area (Å²) >= 11 is 2.61. The highest BCUT2D eigenvalue weighted by molar-refractivity contribution is 8.02. The van der Waals surface area contributed by atoms with Gasteiger partial charge >= 0.3 is 5.97 Å². The van der Waals surface area contributed by atoms with Crippen molar-refractivity contribution in [3.8, 4) is 11.3 Å². The smallest absolute Gasteiger partial charge is 0.344 e. The number of anilines is 2. The van der Waals surface area contributed by atoms with E-state index in [1.165, 1.54) is 34.9 Å². The van der Waals surface area contributed by atoms with Crippen LogP contribution in [0.3, 0.4) is 0 Å². The van der Waals surface area contributed by atoms with E-state index in [9.17, 15) is 14.4 Å². The number of para-hydroxylation sites is 1. The van der Waals surface area contributed by atoms with Gasteiger partial charge in [0.25, 0.3) is 5.91 Å². The fourth-order valence-electron chi connectivity index (χ4n) is 3.86. The molecule has 9 heteroatoms. The highest BCUT2D eigenvalue weighted by Crippen LogP contribution is 2.56. The molecule has 2 amide bonds. The maximum Gasteiger partial charge on any atom is 0.344 e. The summed E-state index contributed by atoms with van der Waals surface area (Å²) in [4.78, 5) is 44.0. The van der Waals surface area contributed by atoms with E-state index in [4.69, 9.17) is 4.74 Å². The van der Waals surface area contributed by atoms with Crippen LogP contribution in [0.5, 0.6) is 0 Å². The molecule has 32 heavy (non-hydrogen) atoms. The predicted molar refractivity (Wildman–Crippen MR) is 123 cm³/mol. The van der Waals surface area contributed by atoms with Crippen LogP contribution in [0.15, 0.2) is 64.9 Å². The summed E-state index contributed by atoms with van der Waals surface area (Å²) in [5.74, 6) is -1.18. The summed E-state index contributed by atoms with van der Waals surface area (Å²) in [6.07, 6.45) is -0.438. The number of esters is 1. The van der Waals surface area contributed by atoms with Gasteiger partial charge in [-0.3, -0.25) is 19.8 Å². The molecule has 7 nitrogen and oxygen atoms in total. The summed E-state index contributed by atoms with van der Waals surface area (Å²) in [5.41, 5.74) is 2.42. The van der Waals surface area contributed by atoms with Crippen LogP contribution < -0.4 is 10.2 Å². The molecule has 0 bridgehead atoms. The molecule has 162 valence electrons. The van der Waals surface area contributed by atoms with E-state index in [1.54, 1.807) is 0 Å². The third-order valence-corrected chi connectivity index (χ3v) is 7.66. The van der Waals surface area contributed by atoms with Crippen LogP contribution >= 0.6 is 23.1 Å². The van der Waals surface area contributed by atoms with E-state index in [1.807, 2.05) is 60.0 Å². The van der Waals surface area contributed by atoms with Crippen molar-refractivity contribution in [1.29, 1.82) is 0 Å². The van der Waals surface area contributed by atoms with Crippen molar-refractivity contribution in [3.05, 3.63) is 60.0 Å². The first-order chi connectivity index (χ1) is 15.5. The van der Waals surface area contributed by atoms with Crippen molar-refractivity contribution in [2.45, 2.75) is 35.6 Å². The van der Waals surface area contributed by atoms with Gasteiger partial charge in [0.05, 0.1) is 11.4 Å². The van der Waals surface area contributed by atoms with Crippen molar-refractivity contribution in [1.82, 2.24) is 4.98 Å². The number of carbonyl (C=O) groups excluding carboxylic acids is 3. The molecule has 1 fully saturated rings. The number of amides is 2. The van der Waals surface area contributed by atoms with Crippen molar-refractivity contribution < 1.29 is 19.1 Å². The molecular formula is C23H19N3O4S2. The summed E-state index contributed by atoms with van der Waals surface area (Å²) in [6.45, 7) is 1.52. The minimum atomic E-state index is -1.16. The largest absolute Gasteiger partial charge is 0.450 e. The van der Waals surface area contributed by atoms with E-state index < -0.39 is 22.9 Å². The lowest BCUT2D eigenvalue weighted by molar-refractivity contribution is -0.155. The van der Waals surface area contributed by atoms with Crippen molar-refractivity contribution >= 4 is 51.7 Å². The summed E-state index contributed by atoms with van der Waals surface area (Å²) in [7, 11) is 0. The van der Waals surface area contributed by atoms with Gasteiger partial charge in [0.1, 0.15) is 0 Å². The number of rotatable bonds is 5. The molecule has 1 N–H and O–H groups in total. The zero-order valence-electron chi connectivity index (χ0n) is 17.1. The summed E-state index contributed by atoms with van der Waals surface area (Å²) < 4.78 is 5.56. The van der Waals surface area contributed by atoms with E-state index in [0.717, 1.165) is 16.2 Å². The number of benzene rings is 2. The molecular weight excluding hydrogens is 446 g/mol. The van der Waals surface area contributed by atoms with Crippen LogP contribution in [0.2, 0.25) is 0 Å². The number of thiazole rings is 1. The number of hydrogen-bond acceptors (Lipinski definition) is 7. The first kappa shape index (κ1) is 20.7. The Kier molecular flexibility index (Phi) is 5.22. The average Bonchev–Trinajstić information content (AvgIpc) is 3.49. The molecule has 5 rings (SSSR count). The number of nitrogens with zero attached hydrogens (tertiary/aromatic N) is 2. The maximum absolute atomic E-state index is 13.2. The Morgan fingerprint density at radius 3 is 2.72 bits per heavy atom. The number of aromatic nitrogens is 1. The van der Waals surface area contributed by atoms with Crippen LogP contribution in [0.25, 0.3) is 11.3 Å². The first-order valence-corrected chi connectivity index (χ1v) is 11.8.